The molecular formula is C22H25ClFN3O4S. The van der Waals surface area contributed by atoms with Gasteiger partial charge in [0, 0.05) is 30.3 Å². The second-order valence-electron chi connectivity index (χ2n) is 9.11. The Morgan fingerprint density at radius 3 is 2.41 bits per heavy atom. The molecule has 0 amide bonds. The molecule has 3 heterocycles. The molecule has 0 radical (unpaired) electrons. The van der Waals surface area contributed by atoms with Gasteiger partial charge in [-0.3, -0.25) is 0 Å². The minimum Gasteiger partial charge on any atom is -0.348 e. The van der Waals surface area contributed by atoms with Gasteiger partial charge in [0.15, 0.2) is 16.1 Å². The maximum Gasteiger partial charge on any atom is 0.225 e. The fourth-order valence-corrected chi connectivity index (χ4v) is 5.90. The first-order valence-electron chi connectivity index (χ1n) is 10.7. The molecule has 172 valence electrons. The summed E-state index contributed by atoms with van der Waals surface area (Å²) in [6.07, 6.45) is 6.78. The number of aromatic nitrogens is 2. The summed E-state index contributed by atoms with van der Waals surface area (Å²) in [5.74, 6) is 1.10. The third-order valence-corrected chi connectivity index (χ3v) is 8.25. The first-order valence-corrected chi connectivity index (χ1v) is 13.0. The third kappa shape index (κ3) is 4.23. The second-order valence-corrected chi connectivity index (χ2v) is 11.5. The van der Waals surface area contributed by atoms with Crippen molar-refractivity contribution in [2.24, 2.45) is 17.3 Å². The van der Waals surface area contributed by atoms with E-state index in [1.54, 1.807) is 18.5 Å². The molecule has 1 saturated carbocycles. The summed E-state index contributed by atoms with van der Waals surface area (Å²) in [5.41, 5.74) is 0.531. The molecule has 7 nitrogen and oxygen atoms in total. The van der Waals surface area contributed by atoms with Crippen molar-refractivity contribution in [3.8, 4) is 0 Å². The predicted octanol–water partition coefficient (Wildman–Crippen LogP) is 3.64. The van der Waals surface area contributed by atoms with E-state index in [-0.39, 0.29) is 10.3 Å². The highest BCUT2D eigenvalue weighted by Gasteiger charge is 2.59. The lowest BCUT2D eigenvalue weighted by Gasteiger charge is -2.35. The molecule has 0 bridgehead atoms. The van der Waals surface area contributed by atoms with E-state index in [4.69, 9.17) is 21.1 Å². The van der Waals surface area contributed by atoms with Gasteiger partial charge in [-0.15, -0.1) is 0 Å². The SMILES string of the molecule is CS(=O)(=O)c1ccc([C@H]2OC[C@]3(CO2)C[C@@H]3C2CCN(c3ncc(Cl)cn3)CC2)cc1F. The average molecular weight is 482 g/mol. The van der Waals surface area contributed by atoms with Gasteiger partial charge in [0.25, 0.3) is 0 Å². The lowest BCUT2D eigenvalue weighted by molar-refractivity contribution is -0.216. The Hall–Kier alpha value is -1.81. The maximum absolute atomic E-state index is 14.2. The number of anilines is 1. The van der Waals surface area contributed by atoms with Crippen molar-refractivity contribution in [1.29, 1.82) is 0 Å². The van der Waals surface area contributed by atoms with E-state index in [1.165, 1.54) is 12.1 Å². The van der Waals surface area contributed by atoms with Gasteiger partial charge >= 0.3 is 0 Å². The minimum atomic E-state index is -3.61. The van der Waals surface area contributed by atoms with Gasteiger partial charge in [-0.2, -0.15) is 0 Å². The molecule has 2 saturated heterocycles. The van der Waals surface area contributed by atoms with Crippen molar-refractivity contribution in [2.75, 3.05) is 37.5 Å². The molecule has 1 atom stereocenters. The zero-order valence-corrected chi connectivity index (χ0v) is 19.3. The van der Waals surface area contributed by atoms with Crippen LogP contribution in [-0.2, 0) is 19.3 Å². The van der Waals surface area contributed by atoms with Gasteiger partial charge < -0.3 is 14.4 Å². The van der Waals surface area contributed by atoms with Gasteiger partial charge in [0.2, 0.25) is 5.95 Å². The quantitative estimate of drug-likeness (QED) is 0.659. The molecule has 0 N–H and O–H groups in total. The molecule has 0 unspecified atom stereocenters. The molecule has 2 aromatic rings. The van der Waals surface area contributed by atoms with Crippen LogP contribution in [0.15, 0.2) is 35.5 Å². The molecule has 1 spiro atoms. The molecule has 1 aromatic carbocycles. The van der Waals surface area contributed by atoms with Crippen LogP contribution in [0.1, 0.15) is 31.1 Å². The summed E-state index contributed by atoms with van der Waals surface area (Å²) < 4.78 is 49.4. The lowest BCUT2D eigenvalue weighted by atomic mass is 9.87. The number of ether oxygens (including phenoxy) is 2. The zero-order chi connectivity index (χ0) is 22.5. The first kappa shape index (κ1) is 22.0. The number of rotatable bonds is 4. The summed E-state index contributed by atoms with van der Waals surface area (Å²) in [6, 6.07) is 4.02. The molecular weight excluding hydrogens is 457 g/mol. The van der Waals surface area contributed by atoms with Crippen LogP contribution in [0.2, 0.25) is 5.02 Å². The Bertz CT molecular complexity index is 1100. The van der Waals surface area contributed by atoms with Crippen molar-refractivity contribution in [3.63, 3.8) is 0 Å². The van der Waals surface area contributed by atoms with Crippen LogP contribution >= 0.6 is 11.6 Å². The van der Waals surface area contributed by atoms with Crippen molar-refractivity contribution < 1.29 is 22.3 Å². The Labute approximate surface area is 191 Å². The molecule has 3 fully saturated rings. The second kappa shape index (κ2) is 8.20. The van der Waals surface area contributed by atoms with Crippen LogP contribution in [0, 0.1) is 23.1 Å². The topological polar surface area (TPSA) is 81.6 Å². The molecule has 5 rings (SSSR count). The average Bonchev–Trinajstić information content (AvgIpc) is 3.47. The summed E-state index contributed by atoms with van der Waals surface area (Å²) in [6.45, 7) is 2.96. The minimum absolute atomic E-state index is 0.0331. The number of sulfone groups is 1. The predicted molar refractivity (Wildman–Crippen MR) is 117 cm³/mol. The van der Waals surface area contributed by atoms with Gasteiger partial charge in [-0.05, 0) is 43.2 Å². The number of halogens is 2. The third-order valence-electron chi connectivity index (χ3n) is 6.92. The number of piperidine rings is 1. The van der Waals surface area contributed by atoms with Crippen LogP contribution in [-0.4, -0.2) is 50.9 Å². The van der Waals surface area contributed by atoms with Crippen molar-refractivity contribution >= 4 is 27.4 Å². The van der Waals surface area contributed by atoms with Crippen molar-refractivity contribution in [3.05, 3.63) is 47.0 Å². The fraction of sp³-hybridized carbons (Fsp3) is 0.545. The van der Waals surface area contributed by atoms with Crippen LogP contribution < -0.4 is 4.90 Å². The Kier molecular flexibility index (Phi) is 5.64. The Balaban J connectivity index is 1.16. The standard InChI is InChI=1S/C22H25ClFN3O4S/c1-32(28,29)19-3-2-15(8-18(19)24)20-30-12-22(13-31-20)9-17(22)14-4-6-27(7-5-14)21-25-10-16(23)11-26-21/h2-3,8,10-11,14,17,20H,4-7,9,12-13H2,1H3/t17-,20-,22-/m1/s1. The summed E-state index contributed by atoms with van der Waals surface area (Å²) >= 11 is 5.88. The van der Waals surface area contributed by atoms with E-state index >= 15 is 0 Å². The smallest absolute Gasteiger partial charge is 0.225 e. The number of hydrogen-bond donors (Lipinski definition) is 0. The number of benzene rings is 1. The maximum atomic E-state index is 14.2. The highest BCUT2D eigenvalue weighted by Crippen LogP contribution is 2.61. The normalized spacial score (nSPS) is 28.8. The van der Waals surface area contributed by atoms with E-state index in [0.29, 0.717) is 35.6 Å². The van der Waals surface area contributed by atoms with Crippen LogP contribution in [0.4, 0.5) is 10.3 Å². The van der Waals surface area contributed by atoms with Gasteiger partial charge in [0.1, 0.15) is 10.7 Å². The van der Waals surface area contributed by atoms with E-state index in [1.807, 2.05) is 0 Å². The van der Waals surface area contributed by atoms with Crippen LogP contribution in [0.3, 0.4) is 0 Å². The molecule has 3 aliphatic rings. The molecule has 2 aliphatic heterocycles. The van der Waals surface area contributed by atoms with Crippen molar-refractivity contribution in [2.45, 2.75) is 30.4 Å². The van der Waals surface area contributed by atoms with E-state index in [2.05, 4.69) is 14.9 Å². The largest absolute Gasteiger partial charge is 0.348 e. The molecule has 1 aliphatic carbocycles. The number of hydrogen-bond acceptors (Lipinski definition) is 7. The van der Waals surface area contributed by atoms with Crippen LogP contribution in [0.5, 0.6) is 0 Å². The lowest BCUT2D eigenvalue weighted by Crippen LogP contribution is -2.37. The number of nitrogens with zero attached hydrogens (tertiary/aromatic N) is 3. The summed E-state index contributed by atoms with van der Waals surface area (Å²) in [5, 5.41) is 0.535. The highest BCUT2D eigenvalue weighted by atomic mass is 35.5. The van der Waals surface area contributed by atoms with Crippen molar-refractivity contribution in [1.82, 2.24) is 9.97 Å². The van der Waals surface area contributed by atoms with Gasteiger partial charge in [-0.1, -0.05) is 17.7 Å². The van der Waals surface area contributed by atoms with E-state index in [9.17, 15) is 12.8 Å². The Morgan fingerprint density at radius 1 is 1.16 bits per heavy atom. The first-order chi connectivity index (χ1) is 15.2. The molecule has 1 aromatic heterocycles. The highest BCUT2D eigenvalue weighted by molar-refractivity contribution is 7.90. The van der Waals surface area contributed by atoms with E-state index in [0.717, 1.165) is 44.6 Å². The Morgan fingerprint density at radius 2 is 1.81 bits per heavy atom. The fourth-order valence-electron chi connectivity index (χ4n) is 5.08. The summed E-state index contributed by atoms with van der Waals surface area (Å²) in [7, 11) is -3.61. The van der Waals surface area contributed by atoms with Gasteiger partial charge in [-0.25, -0.2) is 22.8 Å². The monoisotopic (exact) mass is 481 g/mol. The zero-order valence-electron chi connectivity index (χ0n) is 17.7. The van der Waals surface area contributed by atoms with Gasteiger partial charge in [0.05, 0.1) is 30.6 Å². The van der Waals surface area contributed by atoms with E-state index < -0.39 is 21.9 Å². The van der Waals surface area contributed by atoms with Crippen LogP contribution in [0.25, 0.3) is 0 Å². The molecule has 10 heteroatoms. The molecule has 32 heavy (non-hydrogen) atoms. The summed E-state index contributed by atoms with van der Waals surface area (Å²) in [4.78, 5) is 10.5.